The zero-order chi connectivity index (χ0) is 9.02. The minimum atomic E-state index is -0.560. The molecule has 0 unspecified atom stereocenters. The summed E-state index contributed by atoms with van der Waals surface area (Å²) in [7, 11) is 4.88. The van der Waals surface area contributed by atoms with Crippen LogP contribution in [-0.2, 0) is 9.53 Å². The summed E-state index contributed by atoms with van der Waals surface area (Å²) in [5, 5.41) is 0. The van der Waals surface area contributed by atoms with Crippen LogP contribution in [0.25, 0.3) is 0 Å². The van der Waals surface area contributed by atoms with Gasteiger partial charge in [0.2, 0.25) is 5.91 Å². The van der Waals surface area contributed by atoms with E-state index in [9.17, 15) is 4.79 Å². The summed E-state index contributed by atoms with van der Waals surface area (Å²) in [6.07, 6.45) is -0.232. The Morgan fingerprint density at radius 3 is 2.27 bits per heavy atom. The van der Waals surface area contributed by atoms with Crippen molar-refractivity contribution in [2.24, 2.45) is 5.73 Å². The standard InChI is InChI=1S/C7H16N2O2/c1-5(11-4)6(8)7(10)9(2)3/h5-6H,8H2,1-4H3/t5-,6-/m1/s1. The van der Waals surface area contributed by atoms with Gasteiger partial charge in [-0.25, -0.2) is 0 Å². The Kier molecular flexibility index (Phi) is 4.07. The third-order valence-electron chi connectivity index (χ3n) is 1.60. The Hall–Kier alpha value is -0.610. The van der Waals surface area contributed by atoms with Gasteiger partial charge in [-0.3, -0.25) is 4.79 Å². The lowest BCUT2D eigenvalue weighted by atomic mass is 10.2. The van der Waals surface area contributed by atoms with Crippen LogP contribution < -0.4 is 5.73 Å². The molecule has 0 heterocycles. The molecule has 0 aliphatic rings. The topological polar surface area (TPSA) is 55.6 Å². The molecule has 0 fully saturated rings. The lowest BCUT2D eigenvalue weighted by molar-refractivity contribution is -0.132. The molecule has 0 saturated heterocycles. The van der Waals surface area contributed by atoms with Gasteiger partial charge in [0.05, 0.1) is 6.10 Å². The Balaban J connectivity index is 4.02. The highest BCUT2D eigenvalue weighted by Gasteiger charge is 2.21. The summed E-state index contributed by atoms with van der Waals surface area (Å²) in [6.45, 7) is 1.77. The molecule has 0 rings (SSSR count). The molecule has 0 aliphatic carbocycles. The number of carbonyl (C=O) groups excluding carboxylic acids is 1. The van der Waals surface area contributed by atoms with Crippen LogP contribution in [0.3, 0.4) is 0 Å². The molecule has 1 amide bonds. The molecule has 4 heteroatoms. The van der Waals surface area contributed by atoms with Crippen LogP contribution in [0.1, 0.15) is 6.92 Å². The van der Waals surface area contributed by atoms with E-state index in [4.69, 9.17) is 10.5 Å². The van der Waals surface area contributed by atoms with Crippen LogP contribution >= 0.6 is 0 Å². The predicted octanol–water partition coefficient (Wildman–Crippen LogP) is -0.563. The second kappa shape index (κ2) is 4.31. The summed E-state index contributed by atoms with van der Waals surface area (Å²) in [5.41, 5.74) is 5.56. The first-order valence-electron chi connectivity index (χ1n) is 3.50. The van der Waals surface area contributed by atoms with Gasteiger partial charge >= 0.3 is 0 Å². The Morgan fingerprint density at radius 1 is 1.55 bits per heavy atom. The van der Waals surface area contributed by atoms with Crippen molar-refractivity contribution in [1.82, 2.24) is 4.90 Å². The molecule has 4 nitrogen and oxygen atoms in total. The third kappa shape index (κ3) is 2.86. The molecule has 0 aromatic rings. The molecular formula is C7H16N2O2. The second-order valence-corrected chi connectivity index (χ2v) is 2.70. The first kappa shape index (κ1) is 10.4. The van der Waals surface area contributed by atoms with Crippen molar-refractivity contribution in [2.75, 3.05) is 21.2 Å². The second-order valence-electron chi connectivity index (χ2n) is 2.70. The van der Waals surface area contributed by atoms with Crippen molar-refractivity contribution in [2.45, 2.75) is 19.1 Å². The maximum Gasteiger partial charge on any atom is 0.241 e. The summed E-state index contributed by atoms with van der Waals surface area (Å²) in [5.74, 6) is -0.112. The molecule has 11 heavy (non-hydrogen) atoms. The number of hydrogen-bond acceptors (Lipinski definition) is 3. The molecule has 0 saturated carbocycles. The summed E-state index contributed by atoms with van der Waals surface area (Å²) >= 11 is 0. The first-order chi connectivity index (χ1) is 5.00. The molecule has 2 N–H and O–H groups in total. The number of nitrogens with zero attached hydrogens (tertiary/aromatic N) is 1. The maximum absolute atomic E-state index is 11.2. The van der Waals surface area contributed by atoms with Crippen LogP contribution in [0.15, 0.2) is 0 Å². The normalized spacial score (nSPS) is 15.7. The minimum Gasteiger partial charge on any atom is -0.380 e. The molecule has 66 valence electrons. The third-order valence-corrected chi connectivity index (χ3v) is 1.60. The smallest absolute Gasteiger partial charge is 0.241 e. The molecule has 0 aromatic carbocycles. The summed E-state index contributed by atoms with van der Waals surface area (Å²) in [4.78, 5) is 12.6. The van der Waals surface area contributed by atoms with E-state index in [1.165, 1.54) is 12.0 Å². The Bertz CT molecular complexity index is 136. The van der Waals surface area contributed by atoms with Gasteiger partial charge in [-0.05, 0) is 6.92 Å². The number of carbonyl (C=O) groups is 1. The van der Waals surface area contributed by atoms with E-state index in [0.717, 1.165) is 0 Å². The van der Waals surface area contributed by atoms with Gasteiger partial charge in [0.15, 0.2) is 0 Å². The van der Waals surface area contributed by atoms with E-state index in [0.29, 0.717) is 0 Å². The summed E-state index contributed by atoms with van der Waals surface area (Å²) < 4.78 is 4.91. The van der Waals surface area contributed by atoms with Gasteiger partial charge in [-0.1, -0.05) is 0 Å². The minimum absolute atomic E-state index is 0.112. The van der Waals surface area contributed by atoms with Gasteiger partial charge in [0, 0.05) is 21.2 Å². The fraction of sp³-hybridized carbons (Fsp3) is 0.857. The highest BCUT2D eigenvalue weighted by molar-refractivity contribution is 5.81. The van der Waals surface area contributed by atoms with Crippen LogP contribution in [0.4, 0.5) is 0 Å². The van der Waals surface area contributed by atoms with Crippen molar-refractivity contribution in [3.63, 3.8) is 0 Å². The van der Waals surface area contributed by atoms with E-state index in [-0.39, 0.29) is 12.0 Å². The van der Waals surface area contributed by atoms with Crippen LogP contribution in [0, 0.1) is 0 Å². The number of methoxy groups -OCH3 is 1. The van der Waals surface area contributed by atoms with Crippen molar-refractivity contribution in [3.8, 4) is 0 Å². The molecule has 0 bridgehead atoms. The highest BCUT2D eigenvalue weighted by atomic mass is 16.5. The predicted molar refractivity (Wildman–Crippen MR) is 43.1 cm³/mol. The fourth-order valence-corrected chi connectivity index (χ4v) is 0.646. The number of rotatable bonds is 3. The van der Waals surface area contributed by atoms with Gasteiger partial charge in [0.25, 0.3) is 0 Å². The van der Waals surface area contributed by atoms with E-state index in [1.54, 1.807) is 21.0 Å². The van der Waals surface area contributed by atoms with E-state index < -0.39 is 6.04 Å². The van der Waals surface area contributed by atoms with E-state index >= 15 is 0 Å². The average Bonchev–Trinajstić information content (AvgIpc) is 2.00. The molecule has 0 spiro atoms. The first-order valence-corrected chi connectivity index (χ1v) is 3.50. The van der Waals surface area contributed by atoms with Crippen molar-refractivity contribution >= 4 is 5.91 Å². The van der Waals surface area contributed by atoms with E-state index in [1.807, 2.05) is 0 Å². The highest BCUT2D eigenvalue weighted by Crippen LogP contribution is 1.96. The van der Waals surface area contributed by atoms with Gasteiger partial charge in [-0.2, -0.15) is 0 Å². The lowest BCUT2D eigenvalue weighted by Crippen LogP contribution is -2.47. The van der Waals surface area contributed by atoms with Crippen molar-refractivity contribution in [3.05, 3.63) is 0 Å². The van der Waals surface area contributed by atoms with Gasteiger partial charge in [-0.15, -0.1) is 0 Å². The number of likely N-dealkylation sites (N-methyl/N-ethyl adjacent to an activating group) is 1. The van der Waals surface area contributed by atoms with Crippen LogP contribution in [0.5, 0.6) is 0 Å². The van der Waals surface area contributed by atoms with Crippen LogP contribution in [-0.4, -0.2) is 44.2 Å². The van der Waals surface area contributed by atoms with Gasteiger partial charge < -0.3 is 15.4 Å². The summed E-state index contributed by atoms with van der Waals surface area (Å²) in [6, 6.07) is -0.560. The number of amides is 1. The SMILES string of the molecule is CO[C@H](C)[C@@H](N)C(=O)N(C)C. The molecular weight excluding hydrogens is 144 g/mol. The molecule has 0 aromatic heterocycles. The van der Waals surface area contributed by atoms with Crippen LogP contribution in [0.2, 0.25) is 0 Å². The zero-order valence-corrected chi connectivity index (χ0v) is 7.50. The molecule has 0 radical (unpaired) electrons. The quantitative estimate of drug-likeness (QED) is 0.602. The monoisotopic (exact) mass is 160 g/mol. The van der Waals surface area contributed by atoms with Crippen molar-refractivity contribution in [1.29, 1.82) is 0 Å². The molecule has 0 aliphatic heterocycles. The average molecular weight is 160 g/mol. The number of nitrogens with two attached hydrogens (primary N) is 1. The zero-order valence-electron chi connectivity index (χ0n) is 7.50. The fourth-order valence-electron chi connectivity index (χ4n) is 0.646. The van der Waals surface area contributed by atoms with Crippen molar-refractivity contribution < 1.29 is 9.53 Å². The van der Waals surface area contributed by atoms with E-state index in [2.05, 4.69) is 0 Å². The maximum atomic E-state index is 11.2. The Labute approximate surface area is 67.3 Å². The largest absolute Gasteiger partial charge is 0.380 e. The Morgan fingerprint density at radius 2 is 2.00 bits per heavy atom. The number of ether oxygens (including phenoxy) is 1. The van der Waals surface area contributed by atoms with Gasteiger partial charge in [0.1, 0.15) is 6.04 Å². The number of hydrogen-bond donors (Lipinski definition) is 1. The lowest BCUT2D eigenvalue weighted by Gasteiger charge is -2.20. The molecule has 2 atom stereocenters.